The summed E-state index contributed by atoms with van der Waals surface area (Å²) in [6.07, 6.45) is -4.69. The maximum atomic E-state index is 12.1. The van der Waals surface area contributed by atoms with Crippen LogP contribution in [0.15, 0.2) is 0 Å². The Morgan fingerprint density at radius 3 is 2.33 bits per heavy atom. The molecule has 0 N–H and O–H groups in total. The highest BCUT2D eigenvalue weighted by Gasteiger charge is 2.45. The van der Waals surface area contributed by atoms with Crippen molar-refractivity contribution in [3.05, 3.63) is 0 Å². The van der Waals surface area contributed by atoms with Crippen molar-refractivity contribution >= 4 is 0 Å². The average molecular weight is 188 g/mol. The molecule has 0 aliphatic carbocycles. The van der Waals surface area contributed by atoms with Gasteiger partial charge in [0, 0.05) is 0 Å². The number of ether oxygens (including phenoxy) is 2. The highest BCUT2D eigenvalue weighted by atomic mass is 19.3. The molecule has 0 bridgehead atoms. The van der Waals surface area contributed by atoms with Crippen molar-refractivity contribution in [1.29, 1.82) is 0 Å². The predicted octanol–water partition coefficient (Wildman–Crippen LogP) is 1.65. The maximum absolute atomic E-state index is 12.1. The molecular weight excluding hydrogens is 180 g/mol. The molecule has 2 unspecified atom stereocenters. The molecular formula is C6H8F4O2. The summed E-state index contributed by atoms with van der Waals surface area (Å²) in [6.45, 7) is 0.310. The smallest absolute Gasteiger partial charge is 0.330 e. The lowest BCUT2D eigenvalue weighted by molar-refractivity contribution is -0.174. The van der Waals surface area contributed by atoms with Gasteiger partial charge in [-0.3, -0.25) is 0 Å². The van der Waals surface area contributed by atoms with Crippen LogP contribution in [0.2, 0.25) is 0 Å². The molecule has 0 saturated carbocycles. The number of rotatable bonds is 4. The molecule has 0 radical (unpaired) electrons. The Morgan fingerprint density at radius 1 is 1.50 bits per heavy atom. The fourth-order valence-electron chi connectivity index (χ4n) is 0.597. The highest BCUT2D eigenvalue weighted by Crippen LogP contribution is 2.28. The average Bonchev–Trinajstić information content (AvgIpc) is 2.62. The summed E-state index contributed by atoms with van der Waals surface area (Å²) in [5.74, 6) is -4.08. The second-order valence-electron chi connectivity index (χ2n) is 2.58. The summed E-state index contributed by atoms with van der Waals surface area (Å²) in [6, 6.07) is 0. The van der Waals surface area contributed by atoms with Crippen LogP contribution in [0.3, 0.4) is 0 Å². The molecule has 0 amide bonds. The summed E-state index contributed by atoms with van der Waals surface area (Å²) < 4.78 is 56.2. The van der Waals surface area contributed by atoms with Gasteiger partial charge in [0.2, 0.25) is 0 Å². The molecule has 0 aromatic carbocycles. The largest absolute Gasteiger partial charge is 0.343 e. The molecule has 2 atom stereocenters. The molecule has 1 rings (SSSR count). The predicted molar refractivity (Wildman–Crippen MR) is 31.2 cm³/mol. The molecule has 0 aromatic rings. The molecule has 1 aliphatic heterocycles. The van der Waals surface area contributed by atoms with E-state index < -0.39 is 25.2 Å². The van der Waals surface area contributed by atoms with Crippen LogP contribution >= 0.6 is 0 Å². The van der Waals surface area contributed by atoms with Gasteiger partial charge in [0.05, 0.1) is 0 Å². The van der Waals surface area contributed by atoms with E-state index in [9.17, 15) is 17.6 Å². The fraction of sp³-hybridized carbons (Fsp3) is 1.00. The van der Waals surface area contributed by atoms with Crippen molar-refractivity contribution in [3.8, 4) is 0 Å². The second kappa shape index (κ2) is 3.18. The Labute approximate surface area is 66.4 Å². The Balaban J connectivity index is 2.21. The Bertz CT molecular complexity index is 162. The van der Waals surface area contributed by atoms with Crippen LogP contribution < -0.4 is 0 Å². The summed E-state index contributed by atoms with van der Waals surface area (Å²) in [7, 11) is 0. The van der Waals surface area contributed by atoms with E-state index in [1.54, 1.807) is 6.92 Å². The molecule has 2 nitrogen and oxygen atoms in total. The maximum Gasteiger partial charge on any atom is 0.330 e. The molecule has 6 heteroatoms. The molecule has 1 saturated heterocycles. The van der Waals surface area contributed by atoms with Crippen LogP contribution in [0.4, 0.5) is 17.6 Å². The number of alkyl halides is 4. The van der Waals surface area contributed by atoms with Crippen molar-refractivity contribution in [1.82, 2.24) is 0 Å². The van der Waals surface area contributed by atoms with Crippen LogP contribution in [0.25, 0.3) is 0 Å². The first-order valence-corrected chi connectivity index (χ1v) is 3.36. The van der Waals surface area contributed by atoms with Crippen molar-refractivity contribution < 1.29 is 27.0 Å². The molecule has 0 aromatic heterocycles. The summed E-state index contributed by atoms with van der Waals surface area (Å²) in [5.41, 5.74) is 0. The summed E-state index contributed by atoms with van der Waals surface area (Å²) >= 11 is 0. The zero-order chi connectivity index (χ0) is 9.35. The number of epoxide rings is 1. The van der Waals surface area contributed by atoms with Gasteiger partial charge in [-0.2, -0.15) is 8.78 Å². The van der Waals surface area contributed by atoms with Crippen LogP contribution in [0.1, 0.15) is 6.92 Å². The van der Waals surface area contributed by atoms with E-state index in [1.165, 1.54) is 0 Å². The van der Waals surface area contributed by atoms with E-state index >= 15 is 0 Å². The van der Waals surface area contributed by atoms with Crippen molar-refractivity contribution in [2.75, 3.05) is 6.61 Å². The Morgan fingerprint density at radius 2 is 2.00 bits per heavy atom. The number of hydrogen-bond donors (Lipinski definition) is 0. The lowest BCUT2D eigenvalue weighted by Crippen LogP contribution is -2.32. The second-order valence-corrected chi connectivity index (χ2v) is 2.58. The third kappa shape index (κ3) is 2.31. The first-order valence-electron chi connectivity index (χ1n) is 3.36. The third-order valence-corrected chi connectivity index (χ3v) is 1.41. The molecule has 1 heterocycles. The van der Waals surface area contributed by atoms with Gasteiger partial charge < -0.3 is 9.47 Å². The van der Waals surface area contributed by atoms with E-state index in [1.807, 2.05) is 0 Å². The molecule has 1 aliphatic rings. The third-order valence-electron chi connectivity index (χ3n) is 1.41. The van der Waals surface area contributed by atoms with E-state index in [0.29, 0.717) is 0 Å². The number of hydrogen-bond acceptors (Lipinski definition) is 2. The molecule has 72 valence electrons. The summed E-state index contributed by atoms with van der Waals surface area (Å²) in [4.78, 5) is 0. The van der Waals surface area contributed by atoms with Gasteiger partial charge in [0.15, 0.2) is 6.29 Å². The standard InChI is InChI=1S/C6H8F4O2/c1-3-4(12-3)11-2-6(9,10)5(7)8/h3-5H,2H2,1H3. The van der Waals surface area contributed by atoms with Gasteiger partial charge in [0.25, 0.3) is 0 Å². The quantitative estimate of drug-likeness (QED) is 0.494. The van der Waals surface area contributed by atoms with Gasteiger partial charge in [-0.15, -0.1) is 0 Å². The van der Waals surface area contributed by atoms with Crippen LogP contribution in [-0.4, -0.2) is 31.3 Å². The normalized spacial score (nSPS) is 29.5. The minimum atomic E-state index is -4.08. The fourth-order valence-corrected chi connectivity index (χ4v) is 0.597. The highest BCUT2D eigenvalue weighted by molar-refractivity contribution is 4.74. The van der Waals surface area contributed by atoms with Gasteiger partial charge in [-0.05, 0) is 6.92 Å². The Hall–Kier alpha value is -0.360. The van der Waals surface area contributed by atoms with E-state index in [2.05, 4.69) is 9.47 Å². The zero-order valence-electron chi connectivity index (χ0n) is 6.27. The van der Waals surface area contributed by atoms with Crippen LogP contribution in [0.5, 0.6) is 0 Å². The minimum absolute atomic E-state index is 0.265. The zero-order valence-corrected chi connectivity index (χ0v) is 6.27. The van der Waals surface area contributed by atoms with Crippen molar-refractivity contribution in [3.63, 3.8) is 0 Å². The van der Waals surface area contributed by atoms with Gasteiger partial charge in [-0.25, -0.2) is 8.78 Å². The van der Waals surface area contributed by atoms with E-state index in [0.717, 1.165) is 0 Å². The first kappa shape index (κ1) is 9.73. The monoisotopic (exact) mass is 188 g/mol. The molecule has 0 spiro atoms. The molecule has 1 fully saturated rings. The topological polar surface area (TPSA) is 21.8 Å². The minimum Gasteiger partial charge on any atom is -0.343 e. The summed E-state index contributed by atoms with van der Waals surface area (Å²) in [5, 5.41) is 0. The van der Waals surface area contributed by atoms with Crippen LogP contribution in [0, 0.1) is 0 Å². The van der Waals surface area contributed by atoms with E-state index in [-0.39, 0.29) is 6.10 Å². The van der Waals surface area contributed by atoms with Gasteiger partial charge >= 0.3 is 12.3 Å². The lowest BCUT2D eigenvalue weighted by Gasteiger charge is -2.13. The van der Waals surface area contributed by atoms with Gasteiger partial charge in [0.1, 0.15) is 12.7 Å². The SMILES string of the molecule is CC1OC1OCC(F)(F)C(F)F. The number of halogens is 4. The lowest BCUT2D eigenvalue weighted by atomic mass is 10.4. The van der Waals surface area contributed by atoms with Crippen molar-refractivity contribution in [2.45, 2.75) is 31.7 Å². The van der Waals surface area contributed by atoms with Gasteiger partial charge in [-0.1, -0.05) is 0 Å². The first-order chi connectivity index (χ1) is 5.43. The molecule has 12 heavy (non-hydrogen) atoms. The van der Waals surface area contributed by atoms with Crippen LogP contribution in [-0.2, 0) is 9.47 Å². The van der Waals surface area contributed by atoms with E-state index in [4.69, 9.17) is 0 Å². The Kier molecular flexibility index (Phi) is 2.58. The van der Waals surface area contributed by atoms with Crippen molar-refractivity contribution in [2.24, 2.45) is 0 Å².